The largest absolute Gasteiger partial charge is 0.507 e. The Labute approximate surface area is 133 Å². The van der Waals surface area contributed by atoms with Crippen LogP contribution in [0.2, 0.25) is 0 Å². The van der Waals surface area contributed by atoms with E-state index in [9.17, 15) is 9.90 Å². The predicted molar refractivity (Wildman–Crippen MR) is 86.4 cm³/mol. The van der Waals surface area contributed by atoms with Gasteiger partial charge in [0.25, 0.3) is 0 Å². The number of amides is 1. The number of thioether (sulfide) groups is 1. The quantitative estimate of drug-likeness (QED) is 0.833. The Kier molecular flexibility index (Phi) is 4.53. The molecule has 1 unspecified atom stereocenters. The highest BCUT2D eigenvalue weighted by molar-refractivity contribution is 8.00. The Morgan fingerprint density at radius 2 is 2.00 bits per heavy atom. The van der Waals surface area contributed by atoms with Gasteiger partial charge < -0.3 is 15.2 Å². The average Bonchev–Trinajstić information content (AvgIpc) is 2.95. The lowest BCUT2D eigenvalue weighted by atomic mass is 10.1. The van der Waals surface area contributed by atoms with Crippen LogP contribution in [-0.2, 0) is 11.2 Å². The maximum absolute atomic E-state index is 11.9. The van der Waals surface area contributed by atoms with E-state index in [2.05, 4.69) is 5.32 Å². The molecule has 2 N–H and O–H groups in total. The highest BCUT2D eigenvalue weighted by Gasteiger charge is 2.22. The lowest BCUT2D eigenvalue weighted by Gasteiger charge is -2.12. The van der Waals surface area contributed by atoms with Crippen LogP contribution in [0.3, 0.4) is 0 Å². The van der Waals surface area contributed by atoms with Crippen molar-refractivity contribution in [3.05, 3.63) is 54.1 Å². The Bertz CT molecular complexity index is 649. The van der Waals surface area contributed by atoms with Crippen molar-refractivity contribution in [1.29, 1.82) is 0 Å². The summed E-state index contributed by atoms with van der Waals surface area (Å²) in [5.74, 6) is 1.32. The van der Waals surface area contributed by atoms with Gasteiger partial charge in [-0.05, 0) is 23.8 Å². The van der Waals surface area contributed by atoms with Gasteiger partial charge in [0.15, 0.2) is 0 Å². The zero-order valence-corrected chi connectivity index (χ0v) is 12.8. The number of benzene rings is 2. The van der Waals surface area contributed by atoms with Crippen molar-refractivity contribution in [1.82, 2.24) is 5.32 Å². The molecule has 0 aromatic heterocycles. The first-order chi connectivity index (χ1) is 10.7. The molecule has 5 heteroatoms. The molecule has 2 aromatic carbocycles. The average molecular weight is 315 g/mol. The van der Waals surface area contributed by atoms with E-state index in [0.717, 1.165) is 12.2 Å². The number of hydrogen-bond donors (Lipinski definition) is 2. The van der Waals surface area contributed by atoms with E-state index >= 15 is 0 Å². The summed E-state index contributed by atoms with van der Waals surface area (Å²) in [4.78, 5) is 12.6. The molecular formula is C17H17NO3S. The normalized spacial score (nSPS) is 15.9. The Morgan fingerprint density at radius 3 is 2.82 bits per heavy atom. The van der Waals surface area contributed by atoms with Crippen molar-refractivity contribution in [2.45, 2.75) is 17.4 Å². The summed E-state index contributed by atoms with van der Waals surface area (Å²) in [7, 11) is 0. The number of phenols is 1. The number of hydrogen-bond acceptors (Lipinski definition) is 4. The van der Waals surface area contributed by atoms with Crippen molar-refractivity contribution in [2.24, 2.45) is 0 Å². The second kappa shape index (κ2) is 6.75. The monoisotopic (exact) mass is 315 g/mol. The predicted octanol–water partition coefficient (Wildman–Crippen LogP) is 2.60. The fourth-order valence-electron chi connectivity index (χ4n) is 2.37. The van der Waals surface area contributed by atoms with E-state index in [0.29, 0.717) is 11.4 Å². The first kappa shape index (κ1) is 14.8. The zero-order chi connectivity index (χ0) is 15.4. The Hall–Kier alpha value is -2.14. The van der Waals surface area contributed by atoms with Crippen LogP contribution in [0.1, 0.15) is 5.56 Å². The van der Waals surface area contributed by atoms with Crippen LogP contribution in [-0.4, -0.2) is 29.4 Å². The first-order valence-electron chi connectivity index (χ1n) is 7.14. The minimum atomic E-state index is -0.0622. The maximum Gasteiger partial charge on any atom is 0.230 e. The molecule has 2 aromatic rings. The topological polar surface area (TPSA) is 58.6 Å². The van der Waals surface area contributed by atoms with Crippen LogP contribution >= 0.6 is 11.8 Å². The van der Waals surface area contributed by atoms with E-state index in [1.54, 1.807) is 18.2 Å². The van der Waals surface area contributed by atoms with Gasteiger partial charge in [0.2, 0.25) is 5.91 Å². The molecule has 1 amide bonds. The molecule has 3 rings (SSSR count). The summed E-state index contributed by atoms with van der Waals surface area (Å²) in [5.41, 5.74) is 1.19. The fraction of sp³-hybridized carbons (Fsp3) is 0.235. The molecular weight excluding hydrogens is 298 g/mol. The van der Waals surface area contributed by atoms with Gasteiger partial charge in [0.1, 0.15) is 17.6 Å². The van der Waals surface area contributed by atoms with Crippen molar-refractivity contribution in [2.75, 3.05) is 12.3 Å². The van der Waals surface area contributed by atoms with Crippen LogP contribution in [0.5, 0.6) is 11.5 Å². The number of nitrogens with one attached hydrogen (secondary N) is 1. The van der Waals surface area contributed by atoms with Gasteiger partial charge in [-0.1, -0.05) is 30.3 Å². The van der Waals surface area contributed by atoms with Crippen LogP contribution < -0.4 is 10.1 Å². The van der Waals surface area contributed by atoms with Gasteiger partial charge in [0, 0.05) is 11.3 Å². The van der Waals surface area contributed by atoms with E-state index < -0.39 is 0 Å². The fourth-order valence-corrected chi connectivity index (χ4v) is 3.15. The molecule has 1 aliphatic heterocycles. The zero-order valence-electron chi connectivity index (χ0n) is 12.0. The second-order valence-electron chi connectivity index (χ2n) is 5.11. The molecule has 0 saturated heterocycles. The standard InChI is InChI=1S/C17H17NO3S/c19-14-6-2-4-8-16(14)22-11-17(20)18-10-13-9-12-5-1-3-7-15(12)21-13/h1-8,13,19H,9-11H2,(H,18,20). The van der Waals surface area contributed by atoms with Gasteiger partial charge in [-0.15, -0.1) is 11.8 Å². The summed E-state index contributed by atoms with van der Waals surface area (Å²) in [6, 6.07) is 14.9. The van der Waals surface area contributed by atoms with Gasteiger partial charge in [-0.3, -0.25) is 4.79 Å². The van der Waals surface area contributed by atoms with Crippen LogP contribution in [0.4, 0.5) is 0 Å². The summed E-state index contributed by atoms with van der Waals surface area (Å²) >= 11 is 1.32. The molecule has 0 spiro atoms. The Balaban J connectivity index is 1.43. The van der Waals surface area contributed by atoms with E-state index in [-0.39, 0.29) is 23.5 Å². The van der Waals surface area contributed by atoms with E-state index in [1.165, 1.54) is 17.3 Å². The third-order valence-electron chi connectivity index (χ3n) is 3.46. The highest BCUT2D eigenvalue weighted by atomic mass is 32.2. The number of para-hydroxylation sites is 2. The third kappa shape index (κ3) is 3.54. The highest BCUT2D eigenvalue weighted by Crippen LogP contribution is 2.28. The van der Waals surface area contributed by atoms with E-state index in [4.69, 9.17) is 4.74 Å². The number of ether oxygens (including phenoxy) is 1. The van der Waals surface area contributed by atoms with Crippen LogP contribution in [0.15, 0.2) is 53.4 Å². The summed E-state index contributed by atoms with van der Waals surface area (Å²) in [6.07, 6.45) is 0.819. The molecule has 22 heavy (non-hydrogen) atoms. The van der Waals surface area contributed by atoms with Crippen molar-refractivity contribution in [3.8, 4) is 11.5 Å². The number of carbonyl (C=O) groups is 1. The van der Waals surface area contributed by atoms with Gasteiger partial charge in [-0.25, -0.2) is 0 Å². The molecule has 0 bridgehead atoms. The molecule has 0 radical (unpaired) electrons. The van der Waals surface area contributed by atoms with E-state index in [1.807, 2.05) is 30.3 Å². The molecule has 1 aliphatic rings. The molecule has 0 fully saturated rings. The summed E-state index contributed by atoms with van der Waals surface area (Å²) in [5, 5.41) is 12.5. The lowest BCUT2D eigenvalue weighted by molar-refractivity contribution is -0.118. The van der Waals surface area contributed by atoms with Crippen molar-refractivity contribution < 1.29 is 14.6 Å². The minimum absolute atomic E-state index is 0.00326. The van der Waals surface area contributed by atoms with Crippen LogP contribution in [0, 0.1) is 0 Å². The first-order valence-corrected chi connectivity index (χ1v) is 8.13. The Morgan fingerprint density at radius 1 is 1.23 bits per heavy atom. The molecule has 0 aliphatic carbocycles. The lowest BCUT2D eigenvalue weighted by Crippen LogP contribution is -2.35. The molecule has 114 valence electrons. The number of fused-ring (bicyclic) bond motifs is 1. The summed E-state index contributed by atoms with van der Waals surface area (Å²) < 4.78 is 5.78. The van der Waals surface area contributed by atoms with Gasteiger partial charge >= 0.3 is 0 Å². The van der Waals surface area contributed by atoms with Crippen molar-refractivity contribution in [3.63, 3.8) is 0 Å². The molecule has 4 nitrogen and oxygen atoms in total. The smallest absolute Gasteiger partial charge is 0.230 e. The van der Waals surface area contributed by atoms with Gasteiger partial charge in [0.05, 0.1) is 12.3 Å². The van der Waals surface area contributed by atoms with Crippen molar-refractivity contribution >= 4 is 17.7 Å². The number of rotatable bonds is 5. The summed E-state index contributed by atoms with van der Waals surface area (Å²) in [6.45, 7) is 0.495. The number of carbonyl (C=O) groups excluding carboxylic acids is 1. The molecule has 0 saturated carbocycles. The maximum atomic E-state index is 11.9. The molecule has 1 atom stereocenters. The molecule has 1 heterocycles. The second-order valence-corrected chi connectivity index (χ2v) is 6.13. The minimum Gasteiger partial charge on any atom is -0.507 e. The SMILES string of the molecule is O=C(CSc1ccccc1O)NCC1Cc2ccccc2O1. The van der Waals surface area contributed by atoms with Gasteiger partial charge in [-0.2, -0.15) is 0 Å². The third-order valence-corrected chi connectivity index (χ3v) is 4.53. The number of phenolic OH excluding ortho intramolecular Hbond substituents is 1. The number of aromatic hydroxyl groups is 1. The van der Waals surface area contributed by atoms with Crippen LogP contribution in [0.25, 0.3) is 0 Å².